The molecule has 0 aliphatic carbocycles. The fourth-order valence-corrected chi connectivity index (χ4v) is 4.50. The standard InChI is InChI=1S/C23H12Cl4N4O2/c24-14-5-6-18-16(8-14)19(21(27)31(18)11-13-3-4-15(25)9-17(13)26)20(32)22-29-23(33-30-22)12-2-1-7-28-10-12/h1-10H,11H2. The molecule has 0 aliphatic heterocycles. The second-order valence-corrected chi connectivity index (χ2v) is 8.78. The molecule has 0 radical (unpaired) electrons. The molecule has 0 saturated carbocycles. The number of rotatable bonds is 5. The van der Waals surface area contributed by atoms with Crippen LogP contribution in [0, 0.1) is 0 Å². The summed E-state index contributed by atoms with van der Waals surface area (Å²) >= 11 is 25.4. The summed E-state index contributed by atoms with van der Waals surface area (Å²) in [4.78, 5) is 21.7. The number of hydrogen-bond acceptors (Lipinski definition) is 5. The van der Waals surface area contributed by atoms with E-state index < -0.39 is 5.78 Å². The fraction of sp³-hybridized carbons (Fsp3) is 0.0435. The Bertz CT molecular complexity index is 1510. The molecular formula is C23H12Cl4N4O2. The fourth-order valence-electron chi connectivity index (χ4n) is 3.52. The van der Waals surface area contributed by atoms with Crippen LogP contribution in [0.4, 0.5) is 0 Å². The van der Waals surface area contributed by atoms with E-state index in [0.717, 1.165) is 5.56 Å². The van der Waals surface area contributed by atoms with Gasteiger partial charge in [-0.05, 0) is 48.0 Å². The highest BCUT2D eigenvalue weighted by Crippen LogP contribution is 2.35. The monoisotopic (exact) mass is 516 g/mol. The number of fused-ring (bicyclic) bond motifs is 1. The summed E-state index contributed by atoms with van der Waals surface area (Å²) in [5.41, 5.74) is 2.30. The first-order valence-corrected chi connectivity index (χ1v) is 11.1. The Morgan fingerprint density at radius 1 is 1.00 bits per heavy atom. The van der Waals surface area contributed by atoms with Gasteiger partial charge in [-0.3, -0.25) is 9.78 Å². The van der Waals surface area contributed by atoms with Crippen molar-refractivity contribution < 1.29 is 9.32 Å². The molecule has 0 atom stereocenters. The van der Waals surface area contributed by atoms with Crippen LogP contribution in [-0.2, 0) is 6.54 Å². The van der Waals surface area contributed by atoms with E-state index in [9.17, 15) is 4.79 Å². The summed E-state index contributed by atoms with van der Waals surface area (Å²) in [6.07, 6.45) is 3.19. The highest BCUT2D eigenvalue weighted by atomic mass is 35.5. The predicted molar refractivity (Wildman–Crippen MR) is 128 cm³/mol. The van der Waals surface area contributed by atoms with E-state index in [1.807, 2.05) is 6.07 Å². The molecule has 5 aromatic rings. The lowest BCUT2D eigenvalue weighted by molar-refractivity contribution is 0.102. The molecule has 10 heteroatoms. The molecule has 0 N–H and O–H groups in total. The van der Waals surface area contributed by atoms with E-state index in [0.29, 0.717) is 38.1 Å². The number of benzene rings is 2. The highest BCUT2D eigenvalue weighted by molar-refractivity contribution is 6.38. The molecule has 33 heavy (non-hydrogen) atoms. The average molecular weight is 518 g/mol. The Hall–Kier alpha value is -2.90. The molecule has 6 nitrogen and oxygen atoms in total. The Morgan fingerprint density at radius 2 is 1.79 bits per heavy atom. The molecule has 3 aromatic heterocycles. The maximum Gasteiger partial charge on any atom is 0.259 e. The number of halogens is 4. The number of ketones is 1. The average Bonchev–Trinajstić information content (AvgIpc) is 3.39. The summed E-state index contributed by atoms with van der Waals surface area (Å²) in [6, 6.07) is 13.9. The first kappa shape index (κ1) is 21.9. The number of hydrogen-bond donors (Lipinski definition) is 0. The van der Waals surface area contributed by atoms with Crippen LogP contribution in [0.5, 0.6) is 0 Å². The smallest absolute Gasteiger partial charge is 0.259 e. The van der Waals surface area contributed by atoms with Gasteiger partial charge in [-0.2, -0.15) is 4.98 Å². The van der Waals surface area contributed by atoms with E-state index >= 15 is 0 Å². The summed E-state index contributed by atoms with van der Waals surface area (Å²) < 4.78 is 7.05. The summed E-state index contributed by atoms with van der Waals surface area (Å²) in [5.74, 6) is -0.441. The molecular weight excluding hydrogens is 506 g/mol. The highest BCUT2D eigenvalue weighted by Gasteiger charge is 2.27. The molecule has 0 saturated heterocycles. The van der Waals surface area contributed by atoms with Crippen molar-refractivity contribution >= 4 is 63.1 Å². The zero-order chi connectivity index (χ0) is 23.1. The van der Waals surface area contributed by atoms with E-state index in [2.05, 4.69) is 15.1 Å². The predicted octanol–water partition coefficient (Wildman–Crippen LogP) is 6.98. The second kappa shape index (κ2) is 8.80. The van der Waals surface area contributed by atoms with Crippen molar-refractivity contribution in [3.63, 3.8) is 0 Å². The zero-order valence-electron chi connectivity index (χ0n) is 16.6. The van der Waals surface area contributed by atoms with Crippen LogP contribution < -0.4 is 0 Å². The first-order valence-electron chi connectivity index (χ1n) is 9.62. The van der Waals surface area contributed by atoms with Crippen LogP contribution in [0.15, 0.2) is 65.4 Å². The van der Waals surface area contributed by atoms with Crippen LogP contribution in [0.25, 0.3) is 22.4 Å². The van der Waals surface area contributed by atoms with Crippen molar-refractivity contribution in [2.75, 3.05) is 0 Å². The van der Waals surface area contributed by atoms with Gasteiger partial charge in [-0.15, -0.1) is 0 Å². The summed E-state index contributed by atoms with van der Waals surface area (Å²) in [5, 5.41) is 6.10. The van der Waals surface area contributed by atoms with Gasteiger partial charge < -0.3 is 9.09 Å². The number of aromatic nitrogens is 4. The largest absolute Gasteiger partial charge is 0.333 e. The lowest BCUT2D eigenvalue weighted by Gasteiger charge is -2.09. The third-order valence-corrected chi connectivity index (χ3v) is 6.29. The lowest BCUT2D eigenvalue weighted by Crippen LogP contribution is -2.06. The van der Waals surface area contributed by atoms with Crippen LogP contribution in [0.1, 0.15) is 21.7 Å². The van der Waals surface area contributed by atoms with E-state index in [1.165, 1.54) is 0 Å². The molecule has 0 fully saturated rings. The van der Waals surface area contributed by atoms with Gasteiger partial charge >= 0.3 is 0 Å². The maximum atomic E-state index is 13.4. The zero-order valence-corrected chi connectivity index (χ0v) is 19.6. The minimum atomic E-state index is -0.493. The van der Waals surface area contributed by atoms with Crippen molar-refractivity contribution in [2.45, 2.75) is 6.54 Å². The van der Waals surface area contributed by atoms with Gasteiger partial charge in [0, 0.05) is 32.8 Å². The molecule has 2 aromatic carbocycles. The van der Waals surface area contributed by atoms with Gasteiger partial charge in [0.2, 0.25) is 11.6 Å². The molecule has 0 spiro atoms. The van der Waals surface area contributed by atoms with Crippen molar-refractivity contribution in [1.82, 2.24) is 19.7 Å². The van der Waals surface area contributed by atoms with Gasteiger partial charge in [0.25, 0.3) is 5.89 Å². The number of carbonyl (C=O) groups excluding carboxylic acids is 1. The van der Waals surface area contributed by atoms with Crippen LogP contribution in [0.2, 0.25) is 20.2 Å². The second-order valence-electron chi connectivity index (χ2n) is 7.14. The Kier molecular flexibility index (Phi) is 5.85. The minimum Gasteiger partial charge on any atom is -0.333 e. The van der Waals surface area contributed by atoms with Gasteiger partial charge in [0.05, 0.1) is 23.2 Å². The van der Waals surface area contributed by atoms with Crippen molar-refractivity contribution in [3.05, 3.63) is 98.1 Å². The molecule has 0 aliphatic rings. The molecule has 164 valence electrons. The molecule has 0 unspecified atom stereocenters. The topological polar surface area (TPSA) is 73.8 Å². The summed E-state index contributed by atoms with van der Waals surface area (Å²) in [6.45, 7) is 0.313. The normalized spacial score (nSPS) is 11.3. The molecule has 0 bridgehead atoms. The van der Waals surface area contributed by atoms with Crippen molar-refractivity contribution in [2.24, 2.45) is 0 Å². The number of pyridine rings is 1. The maximum absolute atomic E-state index is 13.4. The van der Waals surface area contributed by atoms with Crippen molar-refractivity contribution in [3.8, 4) is 11.5 Å². The molecule has 3 heterocycles. The van der Waals surface area contributed by atoms with Crippen LogP contribution in [-0.4, -0.2) is 25.5 Å². The van der Waals surface area contributed by atoms with Crippen molar-refractivity contribution in [1.29, 1.82) is 0 Å². The number of carbonyl (C=O) groups is 1. The number of nitrogens with zero attached hydrogens (tertiary/aromatic N) is 4. The Labute approximate surface area is 207 Å². The third-order valence-electron chi connectivity index (χ3n) is 5.07. The van der Waals surface area contributed by atoms with Crippen LogP contribution >= 0.6 is 46.4 Å². The van der Waals surface area contributed by atoms with Crippen LogP contribution in [0.3, 0.4) is 0 Å². The van der Waals surface area contributed by atoms with Gasteiger partial charge in [-0.25, -0.2) is 0 Å². The Morgan fingerprint density at radius 3 is 2.55 bits per heavy atom. The van der Waals surface area contributed by atoms with E-state index in [4.69, 9.17) is 50.9 Å². The van der Waals surface area contributed by atoms with E-state index in [1.54, 1.807) is 59.4 Å². The van der Waals surface area contributed by atoms with Gasteiger partial charge in [-0.1, -0.05) is 57.6 Å². The van der Waals surface area contributed by atoms with E-state index in [-0.39, 0.29) is 22.4 Å². The minimum absolute atomic E-state index is 0.126. The first-order chi connectivity index (χ1) is 15.9. The lowest BCUT2D eigenvalue weighted by atomic mass is 10.1. The quantitative estimate of drug-likeness (QED) is 0.235. The summed E-state index contributed by atoms with van der Waals surface area (Å²) in [7, 11) is 0. The SMILES string of the molecule is O=C(c1noc(-c2cccnc2)n1)c1c(Cl)n(Cc2ccc(Cl)cc2Cl)c2ccc(Cl)cc12. The van der Waals surface area contributed by atoms with Gasteiger partial charge in [0.1, 0.15) is 5.15 Å². The molecule has 5 rings (SSSR count). The molecule has 0 amide bonds. The van der Waals surface area contributed by atoms with Gasteiger partial charge in [0.15, 0.2) is 0 Å². The third kappa shape index (κ3) is 4.11. The Balaban J connectivity index is 1.61.